The molecule has 0 amide bonds. The second-order valence-electron chi connectivity index (χ2n) is 6.40. The standard InChI is InChI=1S/C18H24N2O2/c1-11(9-16-12(2)20-22-13(16)3)19-18-6-4-5-14-7-8-15(21)10-17(14)18/h7-8,10-11,18-19,21H,4-6,9H2,1-3H3. The SMILES string of the molecule is Cc1noc(C)c1CC(C)NC1CCCc2ccc(O)cc21. The number of nitrogens with one attached hydrogen (secondary N) is 1. The van der Waals surface area contributed by atoms with Gasteiger partial charge < -0.3 is 14.9 Å². The molecule has 1 aromatic heterocycles. The lowest BCUT2D eigenvalue weighted by Gasteiger charge is -2.29. The number of hydrogen-bond acceptors (Lipinski definition) is 4. The Bertz CT molecular complexity index is 644. The zero-order valence-corrected chi connectivity index (χ0v) is 13.5. The van der Waals surface area contributed by atoms with Crippen LogP contribution in [0.4, 0.5) is 0 Å². The molecule has 2 atom stereocenters. The number of fused-ring (bicyclic) bond motifs is 1. The highest BCUT2D eigenvalue weighted by molar-refractivity contribution is 5.38. The van der Waals surface area contributed by atoms with Crippen molar-refractivity contribution in [2.75, 3.05) is 0 Å². The summed E-state index contributed by atoms with van der Waals surface area (Å²) in [6.45, 7) is 6.16. The van der Waals surface area contributed by atoms with E-state index in [0.29, 0.717) is 17.8 Å². The summed E-state index contributed by atoms with van der Waals surface area (Å²) in [5.74, 6) is 1.26. The van der Waals surface area contributed by atoms with E-state index in [1.807, 2.05) is 19.9 Å². The van der Waals surface area contributed by atoms with Crippen molar-refractivity contribution in [3.63, 3.8) is 0 Å². The third-order valence-electron chi connectivity index (χ3n) is 4.62. The van der Waals surface area contributed by atoms with Gasteiger partial charge in [0, 0.05) is 17.6 Å². The summed E-state index contributed by atoms with van der Waals surface area (Å²) in [5, 5.41) is 17.5. The number of aromatic hydroxyl groups is 1. The van der Waals surface area contributed by atoms with Crippen molar-refractivity contribution in [3.8, 4) is 5.75 Å². The number of nitrogens with zero attached hydrogens (tertiary/aromatic N) is 1. The van der Waals surface area contributed by atoms with Gasteiger partial charge in [-0.2, -0.15) is 0 Å². The van der Waals surface area contributed by atoms with Gasteiger partial charge >= 0.3 is 0 Å². The van der Waals surface area contributed by atoms with Crippen molar-refractivity contribution in [1.29, 1.82) is 0 Å². The number of hydrogen-bond donors (Lipinski definition) is 2. The fourth-order valence-corrected chi connectivity index (χ4v) is 3.46. The van der Waals surface area contributed by atoms with Gasteiger partial charge in [-0.1, -0.05) is 11.2 Å². The summed E-state index contributed by atoms with van der Waals surface area (Å²) in [6.07, 6.45) is 4.31. The van der Waals surface area contributed by atoms with Crippen molar-refractivity contribution in [1.82, 2.24) is 10.5 Å². The molecule has 22 heavy (non-hydrogen) atoms. The summed E-state index contributed by atoms with van der Waals surface area (Å²) < 4.78 is 5.25. The lowest BCUT2D eigenvalue weighted by Crippen LogP contribution is -2.34. The summed E-state index contributed by atoms with van der Waals surface area (Å²) in [7, 11) is 0. The number of rotatable bonds is 4. The van der Waals surface area contributed by atoms with Crippen molar-refractivity contribution in [2.45, 2.75) is 58.5 Å². The van der Waals surface area contributed by atoms with E-state index in [1.54, 1.807) is 6.07 Å². The largest absolute Gasteiger partial charge is 0.508 e. The van der Waals surface area contributed by atoms with Crippen LogP contribution in [0.5, 0.6) is 5.75 Å². The average Bonchev–Trinajstić information content (AvgIpc) is 2.80. The maximum Gasteiger partial charge on any atom is 0.137 e. The number of aryl methyl sites for hydroxylation is 3. The molecule has 1 heterocycles. The van der Waals surface area contributed by atoms with Gasteiger partial charge in [0.1, 0.15) is 11.5 Å². The quantitative estimate of drug-likeness (QED) is 0.906. The third kappa shape index (κ3) is 3.02. The van der Waals surface area contributed by atoms with Crippen LogP contribution in [0, 0.1) is 13.8 Å². The van der Waals surface area contributed by atoms with E-state index in [1.165, 1.54) is 23.1 Å². The van der Waals surface area contributed by atoms with E-state index in [-0.39, 0.29) is 0 Å². The van der Waals surface area contributed by atoms with E-state index in [9.17, 15) is 5.11 Å². The third-order valence-corrected chi connectivity index (χ3v) is 4.62. The molecule has 4 nitrogen and oxygen atoms in total. The van der Waals surface area contributed by atoms with Crippen LogP contribution in [0.2, 0.25) is 0 Å². The molecular formula is C18H24N2O2. The molecular weight excluding hydrogens is 276 g/mol. The van der Waals surface area contributed by atoms with Crippen molar-refractivity contribution < 1.29 is 9.63 Å². The highest BCUT2D eigenvalue weighted by Crippen LogP contribution is 2.32. The number of phenols is 1. The van der Waals surface area contributed by atoms with Crippen LogP contribution in [0.25, 0.3) is 0 Å². The molecule has 0 saturated heterocycles. The minimum atomic E-state index is 0.311. The molecule has 1 aliphatic carbocycles. The maximum atomic E-state index is 9.77. The van der Waals surface area contributed by atoms with Gasteiger partial charge in [-0.15, -0.1) is 0 Å². The smallest absolute Gasteiger partial charge is 0.137 e. The van der Waals surface area contributed by atoms with Gasteiger partial charge in [0.05, 0.1) is 5.69 Å². The van der Waals surface area contributed by atoms with Gasteiger partial charge in [0.25, 0.3) is 0 Å². The molecule has 0 fully saturated rings. The first-order chi connectivity index (χ1) is 10.5. The summed E-state index contributed by atoms with van der Waals surface area (Å²) in [5.41, 5.74) is 4.78. The summed E-state index contributed by atoms with van der Waals surface area (Å²) in [6, 6.07) is 6.39. The molecule has 0 radical (unpaired) electrons. The van der Waals surface area contributed by atoms with Crippen molar-refractivity contribution in [2.24, 2.45) is 0 Å². The van der Waals surface area contributed by atoms with Crippen LogP contribution >= 0.6 is 0 Å². The topological polar surface area (TPSA) is 58.3 Å². The van der Waals surface area contributed by atoms with Gasteiger partial charge in [0.15, 0.2) is 0 Å². The second kappa shape index (κ2) is 6.13. The molecule has 0 aliphatic heterocycles. The highest BCUT2D eigenvalue weighted by Gasteiger charge is 2.23. The fraction of sp³-hybridized carbons (Fsp3) is 0.500. The van der Waals surface area contributed by atoms with Gasteiger partial charge in [0.2, 0.25) is 0 Å². The van der Waals surface area contributed by atoms with Crippen LogP contribution in [0.15, 0.2) is 22.7 Å². The first-order valence-corrected chi connectivity index (χ1v) is 8.04. The van der Waals surface area contributed by atoms with E-state index in [4.69, 9.17) is 4.52 Å². The normalized spacial score (nSPS) is 19.0. The molecule has 1 aliphatic rings. The molecule has 3 rings (SSSR count). The first-order valence-electron chi connectivity index (χ1n) is 8.04. The minimum Gasteiger partial charge on any atom is -0.508 e. The molecule has 2 N–H and O–H groups in total. The number of phenolic OH excluding ortho intramolecular Hbond substituents is 1. The van der Waals surface area contributed by atoms with Crippen LogP contribution in [-0.4, -0.2) is 16.3 Å². The Morgan fingerprint density at radius 2 is 2.23 bits per heavy atom. The Labute approximate surface area is 131 Å². The van der Waals surface area contributed by atoms with Crippen LogP contribution in [0.1, 0.15) is 54.0 Å². The zero-order valence-electron chi connectivity index (χ0n) is 13.5. The van der Waals surface area contributed by atoms with Gasteiger partial charge in [-0.05, 0) is 69.7 Å². The molecule has 4 heteroatoms. The van der Waals surface area contributed by atoms with Gasteiger partial charge in [-0.3, -0.25) is 0 Å². The Morgan fingerprint density at radius 3 is 2.95 bits per heavy atom. The van der Waals surface area contributed by atoms with E-state index in [2.05, 4.69) is 23.5 Å². The molecule has 2 unspecified atom stereocenters. The monoisotopic (exact) mass is 300 g/mol. The summed E-state index contributed by atoms with van der Waals surface area (Å²) >= 11 is 0. The second-order valence-corrected chi connectivity index (χ2v) is 6.40. The Balaban J connectivity index is 1.73. The molecule has 2 aromatic rings. The lowest BCUT2D eigenvalue weighted by molar-refractivity contribution is 0.387. The molecule has 1 aromatic carbocycles. The summed E-state index contributed by atoms with van der Waals surface area (Å²) in [4.78, 5) is 0. The molecule has 118 valence electrons. The fourth-order valence-electron chi connectivity index (χ4n) is 3.46. The predicted molar refractivity (Wildman–Crippen MR) is 86.1 cm³/mol. The Morgan fingerprint density at radius 1 is 1.41 bits per heavy atom. The van der Waals surface area contributed by atoms with Crippen molar-refractivity contribution in [3.05, 3.63) is 46.3 Å². The van der Waals surface area contributed by atoms with Crippen LogP contribution in [-0.2, 0) is 12.8 Å². The molecule has 0 bridgehead atoms. The zero-order chi connectivity index (χ0) is 15.7. The lowest BCUT2D eigenvalue weighted by atomic mass is 9.87. The number of benzene rings is 1. The molecule has 0 saturated carbocycles. The maximum absolute atomic E-state index is 9.77. The average molecular weight is 300 g/mol. The first kappa shape index (κ1) is 15.1. The van der Waals surface area contributed by atoms with Crippen LogP contribution < -0.4 is 5.32 Å². The van der Waals surface area contributed by atoms with E-state index < -0.39 is 0 Å². The Hall–Kier alpha value is -1.81. The number of aromatic nitrogens is 1. The van der Waals surface area contributed by atoms with Crippen molar-refractivity contribution >= 4 is 0 Å². The predicted octanol–water partition coefficient (Wildman–Crippen LogP) is 3.60. The van der Waals surface area contributed by atoms with E-state index >= 15 is 0 Å². The molecule has 0 spiro atoms. The Kier molecular flexibility index (Phi) is 4.21. The minimum absolute atomic E-state index is 0.311. The van der Waals surface area contributed by atoms with Crippen LogP contribution in [0.3, 0.4) is 0 Å². The van der Waals surface area contributed by atoms with E-state index in [0.717, 1.165) is 30.7 Å². The highest BCUT2D eigenvalue weighted by atomic mass is 16.5. The van der Waals surface area contributed by atoms with Gasteiger partial charge in [-0.25, -0.2) is 0 Å².